The molecule has 0 radical (unpaired) electrons. The van der Waals surface area contributed by atoms with E-state index >= 15 is 0 Å². The number of amides is 2. The molecule has 0 unspecified atom stereocenters. The fraction of sp³-hybridized carbons (Fsp3) is 0.364. The monoisotopic (exact) mass is 404 g/mol. The molecule has 0 saturated carbocycles. The summed E-state index contributed by atoms with van der Waals surface area (Å²) in [4.78, 5) is 26.7. The molecule has 0 spiro atoms. The predicted molar refractivity (Wildman–Crippen MR) is 105 cm³/mol. The number of rotatable bonds is 3. The van der Waals surface area contributed by atoms with Crippen molar-refractivity contribution in [3.63, 3.8) is 0 Å². The van der Waals surface area contributed by atoms with Gasteiger partial charge in [-0.15, -0.1) is 0 Å². The molecule has 2 amide bonds. The highest BCUT2D eigenvalue weighted by Crippen LogP contribution is 2.29. The molecule has 3 rings (SSSR count). The maximum Gasteiger partial charge on any atom is 0.416 e. The zero-order valence-corrected chi connectivity index (χ0v) is 16.3. The maximum absolute atomic E-state index is 12.7. The van der Waals surface area contributed by atoms with E-state index in [-0.39, 0.29) is 23.3 Å². The topological polar surface area (TPSA) is 49.4 Å². The van der Waals surface area contributed by atoms with Crippen molar-refractivity contribution in [2.24, 2.45) is 5.92 Å². The lowest BCUT2D eigenvalue weighted by molar-refractivity contribution is -0.137. The van der Waals surface area contributed by atoms with Crippen molar-refractivity contribution in [1.82, 2.24) is 4.90 Å². The average Bonchev–Trinajstić information content (AvgIpc) is 2.69. The summed E-state index contributed by atoms with van der Waals surface area (Å²) in [5, 5.41) is 2.97. The number of alkyl halides is 3. The molecule has 1 saturated heterocycles. The molecule has 1 fully saturated rings. The quantitative estimate of drug-likeness (QED) is 0.798. The van der Waals surface area contributed by atoms with Crippen molar-refractivity contribution in [3.05, 3.63) is 64.7 Å². The van der Waals surface area contributed by atoms with E-state index in [4.69, 9.17) is 0 Å². The maximum atomic E-state index is 12.7. The Kier molecular flexibility index (Phi) is 5.96. The van der Waals surface area contributed by atoms with Gasteiger partial charge in [-0.05, 0) is 68.1 Å². The molecule has 0 bridgehead atoms. The van der Waals surface area contributed by atoms with Crippen molar-refractivity contribution in [1.29, 1.82) is 0 Å². The van der Waals surface area contributed by atoms with Gasteiger partial charge in [0.05, 0.1) is 5.56 Å². The zero-order valence-electron chi connectivity index (χ0n) is 16.3. The van der Waals surface area contributed by atoms with Gasteiger partial charge in [0.15, 0.2) is 0 Å². The number of likely N-dealkylation sites (tertiary alicyclic amines) is 1. The number of hydrogen-bond donors (Lipinski definition) is 1. The number of halogens is 3. The van der Waals surface area contributed by atoms with Crippen LogP contribution in [0.4, 0.5) is 18.9 Å². The van der Waals surface area contributed by atoms with E-state index in [2.05, 4.69) is 5.32 Å². The summed E-state index contributed by atoms with van der Waals surface area (Å²) in [6.45, 7) is 4.68. The molecule has 1 N–H and O–H groups in total. The van der Waals surface area contributed by atoms with Gasteiger partial charge in [-0.3, -0.25) is 9.59 Å². The van der Waals surface area contributed by atoms with Gasteiger partial charge in [0.1, 0.15) is 0 Å². The highest BCUT2D eigenvalue weighted by molar-refractivity contribution is 5.95. The van der Waals surface area contributed by atoms with Gasteiger partial charge in [-0.25, -0.2) is 0 Å². The molecule has 1 aliphatic heterocycles. The normalized spacial score (nSPS) is 15.3. The SMILES string of the molecule is Cc1ccc(C)c(NC(=O)C2CCN(C(=O)c3ccc(C(F)(F)F)cc3)CC2)c1. The van der Waals surface area contributed by atoms with Crippen molar-refractivity contribution < 1.29 is 22.8 Å². The van der Waals surface area contributed by atoms with E-state index in [0.29, 0.717) is 25.9 Å². The van der Waals surface area contributed by atoms with Crippen LogP contribution in [0.3, 0.4) is 0 Å². The van der Waals surface area contributed by atoms with E-state index in [0.717, 1.165) is 28.9 Å². The molecule has 2 aromatic rings. The molecular weight excluding hydrogens is 381 g/mol. The Labute approximate surface area is 167 Å². The number of nitrogens with zero attached hydrogens (tertiary/aromatic N) is 1. The lowest BCUT2D eigenvalue weighted by Crippen LogP contribution is -2.41. The summed E-state index contributed by atoms with van der Waals surface area (Å²) >= 11 is 0. The zero-order chi connectivity index (χ0) is 21.2. The first-order valence-electron chi connectivity index (χ1n) is 9.50. The number of benzene rings is 2. The van der Waals surface area contributed by atoms with Crippen molar-refractivity contribution >= 4 is 17.5 Å². The summed E-state index contributed by atoms with van der Waals surface area (Å²) < 4.78 is 38.0. The van der Waals surface area contributed by atoms with E-state index in [1.54, 1.807) is 4.90 Å². The fourth-order valence-corrected chi connectivity index (χ4v) is 3.43. The van der Waals surface area contributed by atoms with E-state index in [1.165, 1.54) is 12.1 Å². The van der Waals surface area contributed by atoms with Gasteiger partial charge in [0.2, 0.25) is 5.91 Å². The van der Waals surface area contributed by atoms with Crippen LogP contribution in [0.2, 0.25) is 0 Å². The summed E-state index contributed by atoms with van der Waals surface area (Å²) in [6, 6.07) is 10.1. The molecule has 1 heterocycles. The van der Waals surface area contributed by atoms with Gasteiger partial charge >= 0.3 is 6.18 Å². The van der Waals surface area contributed by atoms with Gasteiger partial charge in [0, 0.05) is 30.3 Å². The number of carbonyl (C=O) groups is 2. The Morgan fingerprint density at radius 3 is 2.21 bits per heavy atom. The van der Waals surface area contributed by atoms with Crippen LogP contribution in [0, 0.1) is 19.8 Å². The predicted octanol–water partition coefficient (Wildman–Crippen LogP) is 4.81. The second kappa shape index (κ2) is 8.27. The van der Waals surface area contributed by atoms with Crippen LogP contribution in [-0.2, 0) is 11.0 Å². The third kappa shape index (κ3) is 4.96. The molecular formula is C22H23F3N2O2. The van der Waals surface area contributed by atoms with Crippen molar-refractivity contribution in [2.75, 3.05) is 18.4 Å². The lowest BCUT2D eigenvalue weighted by Gasteiger charge is -2.31. The molecule has 4 nitrogen and oxygen atoms in total. The molecule has 154 valence electrons. The number of piperidine rings is 1. The van der Waals surface area contributed by atoms with E-state index < -0.39 is 11.7 Å². The Balaban J connectivity index is 1.57. The van der Waals surface area contributed by atoms with Crippen LogP contribution in [0.5, 0.6) is 0 Å². The number of anilines is 1. The Hall–Kier alpha value is -2.83. The second-order valence-electron chi connectivity index (χ2n) is 7.45. The third-order valence-corrected chi connectivity index (χ3v) is 5.26. The number of hydrogen-bond acceptors (Lipinski definition) is 2. The number of carbonyl (C=O) groups excluding carboxylic acids is 2. The molecule has 0 aromatic heterocycles. The minimum atomic E-state index is -4.43. The van der Waals surface area contributed by atoms with Crippen molar-refractivity contribution in [3.8, 4) is 0 Å². The van der Waals surface area contributed by atoms with E-state index in [9.17, 15) is 22.8 Å². The van der Waals surface area contributed by atoms with Crippen LogP contribution < -0.4 is 5.32 Å². The van der Waals surface area contributed by atoms with Crippen molar-refractivity contribution in [2.45, 2.75) is 32.9 Å². The van der Waals surface area contributed by atoms with Gasteiger partial charge in [0.25, 0.3) is 5.91 Å². The summed E-state index contributed by atoms with van der Waals surface area (Å²) in [6.07, 6.45) is -3.39. The molecule has 7 heteroatoms. The number of aryl methyl sites for hydroxylation is 2. The first-order chi connectivity index (χ1) is 13.6. The Bertz CT molecular complexity index is 899. The summed E-state index contributed by atoms with van der Waals surface area (Å²) in [5.74, 6) is -0.584. The van der Waals surface area contributed by atoms with Gasteiger partial charge in [-0.2, -0.15) is 13.2 Å². The largest absolute Gasteiger partial charge is 0.416 e. The lowest BCUT2D eigenvalue weighted by atomic mass is 9.95. The first-order valence-corrected chi connectivity index (χ1v) is 9.50. The highest BCUT2D eigenvalue weighted by Gasteiger charge is 2.31. The van der Waals surface area contributed by atoms with E-state index in [1.807, 2.05) is 32.0 Å². The average molecular weight is 404 g/mol. The third-order valence-electron chi connectivity index (χ3n) is 5.26. The van der Waals surface area contributed by atoms with Crippen LogP contribution in [0.1, 0.15) is 39.9 Å². The Morgan fingerprint density at radius 1 is 1.00 bits per heavy atom. The van der Waals surface area contributed by atoms with Gasteiger partial charge < -0.3 is 10.2 Å². The van der Waals surface area contributed by atoms with Gasteiger partial charge in [-0.1, -0.05) is 12.1 Å². The standard InChI is InChI=1S/C22H23F3N2O2/c1-14-3-4-15(2)19(13-14)26-20(28)16-9-11-27(12-10-16)21(29)17-5-7-18(8-6-17)22(23,24)25/h3-8,13,16H,9-12H2,1-2H3,(H,26,28). The summed E-state index contributed by atoms with van der Waals surface area (Å²) in [7, 11) is 0. The molecule has 1 aliphatic rings. The minimum Gasteiger partial charge on any atom is -0.339 e. The Morgan fingerprint density at radius 2 is 1.62 bits per heavy atom. The molecule has 0 atom stereocenters. The number of nitrogens with one attached hydrogen (secondary N) is 1. The smallest absolute Gasteiger partial charge is 0.339 e. The molecule has 29 heavy (non-hydrogen) atoms. The molecule has 0 aliphatic carbocycles. The highest BCUT2D eigenvalue weighted by atomic mass is 19.4. The van der Waals surface area contributed by atoms with Crippen LogP contribution >= 0.6 is 0 Å². The second-order valence-corrected chi connectivity index (χ2v) is 7.45. The van der Waals surface area contributed by atoms with Crippen LogP contribution in [-0.4, -0.2) is 29.8 Å². The van der Waals surface area contributed by atoms with Crippen LogP contribution in [0.15, 0.2) is 42.5 Å². The fourth-order valence-electron chi connectivity index (χ4n) is 3.43. The van der Waals surface area contributed by atoms with Crippen LogP contribution in [0.25, 0.3) is 0 Å². The minimum absolute atomic E-state index is 0.0691. The first kappa shape index (κ1) is 20.9. The summed E-state index contributed by atoms with van der Waals surface area (Å²) in [5.41, 5.74) is 2.27. The molecule has 2 aromatic carbocycles.